The van der Waals surface area contributed by atoms with Gasteiger partial charge in [-0.25, -0.2) is 9.59 Å². The fourth-order valence-electron chi connectivity index (χ4n) is 4.45. The Morgan fingerprint density at radius 1 is 0.902 bits per heavy atom. The molecule has 0 bridgehead atoms. The number of hydrogen-bond donors (Lipinski definition) is 1. The van der Waals surface area contributed by atoms with E-state index in [0.717, 1.165) is 22.8 Å². The predicted octanol–water partition coefficient (Wildman–Crippen LogP) is 5.96. The van der Waals surface area contributed by atoms with E-state index in [0.29, 0.717) is 16.6 Å². The van der Waals surface area contributed by atoms with Gasteiger partial charge in [0.25, 0.3) is 10.1 Å². The monoisotopic (exact) mass is 578 g/mol. The van der Waals surface area contributed by atoms with Gasteiger partial charge < -0.3 is 14.8 Å². The van der Waals surface area contributed by atoms with Crippen molar-refractivity contribution in [2.24, 2.45) is 0 Å². The number of nitrogens with zero attached hydrogens (tertiary/aromatic N) is 1. The number of nitrogens with one attached hydrogen (secondary N) is 1. The smallest absolute Gasteiger partial charge is 0.419 e. The van der Waals surface area contributed by atoms with Gasteiger partial charge in [-0.1, -0.05) is 72.8 Å². The minimum atomic E-state index is -3.63. The van der Waals surface area contributed by atoms with Crippen molar-refractivity contribution in [1.82, 2.24) is 9.88 Å². The standard InChI is InChI=1S/C31H34N2O7S/c1-31(2,3)40-30(35)33-20-26(25-16-10-11-17-27(25)33)28(32-29(34)38-21-22-12-6-5-7-13-22)24-15-9-8-14-23(24)18-19-39-41(4,36)37/h5-17,20,28H,18-19,21H2,1-4H3,(H,32,34)/t28-/m0/s1. The number of hydrogen-bond acceptors (Lipinski definition) is 7. The number of alkyl carbamates (subject to hydrolysis) is 1. The van der Waals surface area contributed by atoms with E-state index < -0.39 is 33.9 Å². The molecule has 1 atom stereocenters. The third kappa shape index (κ3) is 8.18. The molecule has 0 saturated carbocycles. The normalized spacial score (nSPS) is 12.6. The molecule has 1 aromatic heterocycles. The summed E-state index contributed by atoms with van der Waals surface area (Å²) in [4.78, 5) is 26.3. The van der Waals surface area contributed by atoms with Gasteiger partial charge in [0.05, 0.1) is 24.4 Å². The molecule has 3 aromatic carbocycles. The zero-order valence-corrected chi connectivity index (χ0v) is 24.3. The summed E-state index contributed by atoms with van der Waals surface area (Å²) in [5.74, 6) is 0. The van der Waals surface area contributed by atoms with Gasteiger partial charge in [0.1, 0.15) is 12.2 Å². The van der Waals surface area contributed by atoms with Gasteiger partial charge in [-0.2, -0.15) is 8.42 Å². The summed E-state index contributed by atoms with van der Waals surface area (Å²) in [6.07, 6.45) is 1.71. The van der Waals surface area contributed by atoms with E-state index in [2.05, 4.69) is 5.32 Å². The maximum absolute atomic E-state index is 13.2. The minimum Gasteiger partial charge on any atom is -0.445 e. The number of amides is 1. The van der Waals surface area contributed by atoms with Crippen LogP contribution in [0, 0.1) is 0 Å². The minimum absolute atomic E-state index is 0.0688. The quantitative estimate of drug-likeness (QED) is 0.244. The van der Waals surface area contributed by atoms with Crippen LogP contribution >= 0.6 is 0 Å². The summed E-state index contributed by atoms with van der Waals surface area (Å²) in [6.45, 7) is 5.38. The summed E-state index contributed by atoms with van der Waals surface area (Å²) < 4.78 is 40.7. The molecule has 0 unspecified atom stereocenters. The largest absolute Gasteiger partial charge is 0.445 e. The van der Waals surface area contributed by atoms with Gasteiger partial charge >= 0.3 is 12.2 Å². The lowest BCUT2D eigenvalue weighted by molar-refractivity contribution is 0.0544. The van der Waals surface area contributed by atoms with E-state index in [1.165, 1.54) is 4.57 Å². The molecule has 0 aliphatic carbocycles. The Morgan fingerprint density at radius 2 is 1.56 bits per heavy atom. The van der Waals surface area contributed by atoms with Gasteiger partial charge in [0, 0.05) is 17.1 Å². The number of benzene rings is 3. The van der Waals surface area contributed by atoms with Crippen LogP contribution in [0.5, 0.6) is 0 Å². The van der Waals surface area contributed by atoms with E-state index in [4.69, 9.17) is 13.7 Å². The molecule has 1 N–H and O–H groups in total. The van der Waals surface area contributed by atoms with E-state index in [-0.39, 0.29) is 19.6 Å². The van der Waals surface area contributed by atoms with Crippen LogP contribution in [-0.4, -0.2) is 43.6 Å². The first-order valence-electron chi connectivity index (χ1n) is 13.1. The molecule has 0 spiro atoms. The zero-order chi connectivity index (χ0) is 29.6. The van der Waals surface area contributed by atoms with Crippen molar-refractivity contribution >= 4 is 33.2 Å². The average molecular weight is 579 g/mol. The van der Waals surface area contributed by atoms with Crippen molar-refractivity contribution in [2.75, 3.05) is 12.9 Å². The average Bonchev–Trinajstić information content (AvgIpc) is 3.30. The Morgan fingerprint density at radius 3 is 2.27 bits per heavy atom. The number of carbonyl (C=O) groups excluding carboxylic acids is 2. The third-order valence-electron chi connectivity index (χ3n) is 6.15. The Bertz CT molecular complexity index is 1620. The highest BCUT2D eigenvalue weighted by molar-refractivity contribution is 7.85. The fraction of sp³-hybridized carbons (Fsp3) is 0.290. The first-order valence-corrected chi connectivity index (χ1v) is 15.0. The number of aromatic nitrogens is 1. The van der Waals surface area contributed by atoms with Crippen LogP contribution in [0.1, 0.15) is 49.1 Å². The SMILES string of the molecule is CC(C)(C)OC(=O)n1cc([C@@H](NC(=O)OCc2ccccc2)c2ccccc2CCOS(C)(=O)=O)c2ccccc21. The third-order valence-corrected chi connectivity index (χ3v) is 6.75. The van der Waals surface area contributed by atoms with Crippen molar-refractivity contribution in [3.8, 4) is 0 Å². The van der Waals surface area contributed by atoms with E-state index in [9.17, 15) is 18.0 Å². The Labute approximate surface area is 240 Å². The molecule has 4 rings (SSSR count). The van der Waals surface area contributed by atoms with Gasteiger partial charge in [0.2, 0.25) is 0 Å². The van der Waals surface area contributed by atoms with Gasteiger partial charge in [-0.15, -0.1) is 0 Å². The lowest BCUT2D eigenvalue weighted by Gasteiger charge is -2.22. The summed E-state index contributed by atoms with van der Waals surface area (Å²) in [7, 11) is -3.63. The highest BCUT2D eigenvalue weighted by Gasteiger charge is 2.27. The van der Waals surface area contributed by atoms with Crippen molar-refractivity contribution in [3.63, 3.8) is 0 Å². The maximum Gasteiger partial charge on any atom is 0.419 e. The zero-order valence-electron chi connectivity index (χ0n) is 23.5. The topological polar surface area (TPSA) is 113 Å². The second-order valence-corrected chi connectivity index (χ2v) is 12.2. The van der Waals surface area contributed by atoms with Crippen molar-refractivity contribution in [2.45, 2.75) is 45.4 Å². The highest BCUT2D eigenvalue weighted by atomic mass is 32.2. The lowest BCUT2D eigenvalue weighted by Crippen LogP contribution is -2.31. The molecule has 10 heteroatoms. The maximum atomic E-state index is 13.2. The number of para-hydroxylation sites is 1. The van der Waals surface area contributed by atoms with Crippen LogP contribution in [0.4, 0.5) is 9.59 Å². The number of carbonyl (C=O) groups is 2. The molecule has 0 aliphatic rings. The van der Waals surface area contributed by atoms with Gasteiger partial charge in [-0.3, -0.25) is 8.75 Å². The first-order chi connectivity index (χ1) is 19.4. The van der Waals surface area contributed by atoms with Crippen molar-refractivity contribution < 1.29 is 31.7 Å². The van der Waals surface area contributed by atoms with Crippen LogP contribution in [-0.2, 0) is 36.8 Å². The van der Waals surface area contributed by atoms with E-state index in [1.807, 2.05) is 72.8 Å². The fourth-order valence-corrected chi connectivity index (χ4v) is 4.84. The molecule has 0 saturated heterocycles. The Balaban J connectivity index is 1.75. The molecule has 0 fully saturated rings. The van der Waals surface area contributed by atoms with E-state index >= 15 is 0 Å². The molecule has 0 aliphatic heterocycles. The molecular formula is C31H34N2O7S. The molecule has 1 heterocycles. The highest BCUT2D eigenvalue weighted by Crippen LogP contribution is 2.33. The Hall–Kier alpha value is -4.15. The second kappa shape index (κ2) is 12.6. The van der Waals surface area contributed by atoms with Gasteiger partial charge in [-0.05, 0) is 49.9 Å². The molecule has 41 heavy (non-hydrogen) atoms. The van der Waals surface area contributed by atoms with Crippen LogP contribution in [0.2, 0.25) is 0 Å². The second-order valence-electron chi connectivity index (χ2n) is 10.6. The van der Waals surface area contributed by atoms with Crippen LogP contribution < -0.4 is 5.32 Å². The van der Waals surface area contributed by atoms with Crippen LogP contribution in [0.15, 0.2) is 85.1 Å². The summed E-state index contributed by atoms with van der Waals surface area (Å²) >= 11 is 0. The number of rotatable bonds is 9. The summed E-state index contributed by atoms with van der Waals surface area (Å²) in [5, 5.41) is 3.70. The lowest BCUT2D eigenvalue weighted by atomic mass is 9.93. The molecule has 0 radical (unpaired) electrons. The van der Waals surface area contributed by atoms with E-state index in [1.54, 1.807) is 33.0 Å². The van der Waals surface area contributed by atoms with Crippen molar-refractivity contribution in [1.29, 1.82) is 0 Å². The summed E-state index contributed by atoms with van der Waals surface area (Å²) in [6, 6.07) is 23.3. The molecule has 1 amide bonds. The first kappa shape index (κ1) is 29.8. The molecule has 4 aromatic rings. The summed E-state index contributed by atoms with van der Waals surface area (Å²) in [5.41, 5.74) is 2.83. The molecule has 9 nitrogen and oxygen atoms in total. The van der Waals surface area contributed by atoms with Crippen LogP contribution in [0.25, 0.3) is 10.9 Å². The number of fused-ring (bicyclic) bond motifs is 1. The predicted molar refractivity (Wildman–Crippen MR) is 156 cm³/mol. The number of ether oxygens (including phenoxy) is 2. The van der Waals surface area contributed by atoms with Crippen LogP contribution in [0.3, 0.4) is 0 Å². The Kier molecular flexibility index (Phi) is 9.14. The van der Waals surface area contributed by atoms with Gasteiger partial charge in [0.15, 0.2) is 0 Å². The van der Waals surface area contributed by atoms with Crippen molar-refractivity contribution in [3.05, 3.63) is 107 Å². The molecule has 216 valence electrons. The molecular weight excluding hydrogens is 544 g/mol.